The van der Waals surface area contributed by atoms with Crippen molar-refractivity contribution in [3.05, 3.63) is 38.5 Å². The number of halogens is 1. The maximum absolute atomic E-state index is 12.2. The number of aryl methyl sites for hydroxylation is 2. The van der Waals surface area contributed by atoms with E-state index in [1.165, 1.54) is 17.4 Å². The van der Waals surface area contributed by atoms with Crippen LogP contribution in [0.25, 0.3) is 0 Å². The highest BCUT2D eigenvalue weighted by Crippen LogP contribution is 2.31. The van der Waals surface area contributed by atoms with Gasteiger partial charge in [0.1, 0.15) is 10.6 Å². The van der Waals surface area contributed by atoms with Crippen LogP contribution in [0, 0.1) is 13.8 Å². The van der Waals surface area contributed by atoms with Gasteiger partial charge in [0.05, 0.1) is 9.47 Å². The van der Waals surface area contributed by atoms with E-state index in [1.807, 2.05) is 0 Å². The summed E-state index contributed by atoms with van der Waals surface area (Å²) in [6.45, 7) is 3.49. The summed E-state index contributed by atoms with van der Waals surface area (Å²) in [6.07, 6.45) is 0. The summed E-state index contributed by atoms with van der Waals surface area (Å²) in [6, 6.07) is 6.23. The molecule has 0 atom stereocenters. The number of hydrogen-bond donors (Lipinski definition) is 2. The number of sulfonamides is 1. The minimum absolute atomic E-state index is 0.0587. The molecule has 0 unspecified atom stereocenters. The fourth-order valence-corrected chi connectivity index (χ4v) is 5.05. The summed E-state index contributed by atoms with van der Waals surface area (Å²) in [5.74, 6) is 0.0587. The third kappa shape index (κ3) is 3.10. The molecule has 0 bridgehead atoms. The third-order valence-electron chi connectivity index (χ3n) is 2.59. The van der Waals surface area contributed by atoms with Crippen molar-refractivity contribution >= 4 is 43.0 Å². The number of nitrogens with one attached hydrogen (secondary N) is 1. The van der Waals surface area contributed by atoms with E-state index in [9.17, 15) is 13.5 Å². The van der Waals surface area contributed by atoms with Crippen LogP contribution < -0.4 is 4.72 Å². The van der Waals surface area contributed by atoms with E-state index in [4.69, 9.17) is 0 Å². The van der Waals surface area contributed by atoms with Gasteiger partial charge in [-0.05, 0) is 47.5 Å². The third-order valence-corrected chi connectivity index (χ3v) is 5.78. The first-order chi connectivity index (χ1) is 8.79. The van der Waals surface area contributed by atoms with E-state index in [0.29, 0.717) is 16.1 Å². The average Bonchev–Trinajstić information content (AvgIpc) is 2.63. The number of phenolic OH excluding ortho intramolecular Hbond substituents is 1. The normalized spacial score (nSPS) is 11.5. The maximum Gasteiger partial charge on any atom is 0.263 e. The van der Waals surface area contributed by atoms with E-state index < -0.39 is 10.0 Å². The van der Waals surface area contributed by atoms with Gasteiger partial charge in [0, 0.05) is 10.9 Å². The molecule has 0 spiro atoms. The molecule has 7 heteroatoms. The quantitative estimate of drug-likeness (QED) is 0.876. The van der Waals surface area contributed by atoms with E-state index >= 15 is 0 Å². The van der Waals surface area contributed by atoms with Crippen molar-refractivity contribution in [3.8, 4) is 5.75 Å². The Morgan fingerprint density at radius 2 is 1.95 bits per heavy atom. The van der Waals surface area contributed by atoms with E-state index in [2.05, 4.69) is 20.7 Å². The summed E-state index contributed by atoms with van der Waals surface area (Å²) < 4.78 is 27.7. The van der Waals surface area contributed by atoms with Crippen LogP contribution in [-0.4, -0.2) is 13.5 Å². The highest BCUT2D eigenvalue weighted by atomic mass is 79.9. The lowest BCUT2D eigenvalue weighted by atomic mass is 10.2. The van der Waals surface area contributed by atoms with Crippen LogP contribution in [-0.2, 0) is 10.0 Å². The summed E-state index contributed by atoms with van der Waals surface area (Å²) in [5, 5.41) is 9.59. The molecule has 4 nitrogen and oxygen atoms in total. The molecule has 0 amide bonds. The number of benzene rings is 1. The molecule has 2 N–H and O–H groups in total. The molecule has 0 aliphatic heterocycles. The average molecular weight is 362 g/mol. The Morgan fingerprint density at radius 3 is 2.47 bits per heavy atom. The Labute approximate surface area is 124 Å². The van der Waals surface area contributed by atoms with E-state index in [1.54, 1.807) is 32.0 Å². The number of hydrogen-bond acceptors (Lipinski definition) is 4. The molecule has 0 aliphatic rings. The summed E-state index contributed by atoms with van der Waals surface area (Å²) >= 11 is 4.63. The molecule has 19 heavy (non-hydrogen) atoms. The fourth-order valence-electron chi connectivity index (χ4n) is 1.58. The van der Waals surface area contributed by atoms with Crippen molar-refractivity contribution in [1.29, 1.82) is 0 Å². The molecule has 0 fully saturated rings. The van der Waals surface area contributed by atoms with Crippen molar-refractivity contribution in [2.24, 2.45) is 0 Å². The van der Waals surface area contributed by atoms with Gasteiger partial charge in [-0.15, -0.1) is 11.3 Å². The second-order valence-electron chi connectivity index (χ2n) is 4.08. The van der Waals surface area contributed by atoms with E-state index in [0.717, 1.165) is 3.79 Å². The molecule has 0 radical (unpaired) electrons. The van der Waals surface area contributed by atoms with Crippen LogP contribution in [0.5, 0.6) is 5.75 Å². The van der Waals surface area contributed by atoms with Crippen LogP contribution in [0.4, 0.5) is 5.69 Å². The zero-order valence-electron chi connectivity index (χ0n) is 10.3. The van der Waals surface area contributed by atoms with Crippen molar-refractivity contribution < 1.29 is 13.5 Å². The smallest absolute Gasteiger partial charge is 0.263 e. The topological polar surface area (TPSA) is 66.4 Å². The second-order valence-corrected chi connectivity index (χ2v) is 8.36. The molecule has 0 saturated carbocycles. The number of thiophene rings is 1. The second kappa shape index (κ2) is 5.15. The lowest BCUT2D eigenvalue weighted by Gasteiger charge is -2.08. The highest BCUT2D eigenvalue weighted by Gasteiger charge is 2.19. The number of phenols is 1. The molecule has 1 aromatic carbocycles. The minimum atomic E-state index is -3.63. The summed E-state index contributed by atoms with van der Waals surface area (Å²) in [4.78, 5) is 0.945. The molecule has 0 aliphatic carbocycles. The number of aromatic hydroxyl groups is 1. The number of anilines is 1. The van der Waals surface area contributed by atoms with Crippen LogP contribution in [0.15, 0.2) is 32.9 Å². The molecule has 1 aromatic heterocycles. The van der Waals surface area contributed by atoms with Crippen molar-refractivity contribution in [1.82, 2.24) is 0 Å². The maximum atomic E-state index is 12.2. The Morgan fingerprint density at radius 1 is 1.26 bits per heavy atom. The van der Waals surface area contributed by atoms with Gasteiger partial charge in [-0.1, -0.05) is 6.07 Å². The largest absolute Gasteiger partial charge is 0.508 e. The molecule has 2 rings (SSSR count). The standard InChI is InChI=1S/C12H12BrNO3S2/c1-7-3-4-9(5-10(7)15)14-19(16,17)11-6-12(13)18-8(11)2/h3-6,14-15H,1-2H3. The first kappa shape index (κ1) is 14.4. The highest BCUT2D eigenvalue weighted by molar-refractivity contribution is 9.11. The van der Waals surface area contributed by atoms with Crippen molar-refractivity contribution in [3.63, 3.8) is 0 Å². The molecule has 1 heterocycles. The van der Waals surface area contributed by atoms with Crippen LogP contribution in [0.2, 0.25) is 0 Å². The summed E-state index contributed by atoms with van der Waals surface area (Å²) in [7, 11) is -3.63. The van der Waals surface area contributed by atoms with Crippen LogP contribution >= 0.6 is 27.3 Å². The first-order valence-electron chi connectivity index (χ1n) is 5.38. The zero-order valence-corrected chi connectivity index (χ0v) is 13.5. The van der Waals surface area contributed by atoms with Gasteiger partial charge >= 0.3 is 0 Å². The van der Waals surface area contributed by atoms with E-state index in [-0.39, 0.29) is 10.6 Å². The van der Waals surface area contributed by atoms with Gasteiger partial charge in [-0.3, -0.25) is 4.72 Å². The first-order valence-corrected chi connectivity index (χ1v) is 8.47. The van der Waals surface area contributed by atoms with Gasteiger partial charge in [-0.2, -0.15) is 0 Å². The van der Waals surface area contributed by atoms with Crippen molar-refractivity contribution in [2.45, 2.75) is 18.7 Å². The SMILES string of the molecule is Cc1ccc(NS(=O)(=O)c2cc(Br)sc2C)cc1O. The Hall–Kier alpha value is -1.05. The predicted octanol–water partition coefficient (Wildman–Crippen LogP) is 3.63. The fraction of sp³-hybridized carbons (Fsp3) is 0.167. The predicted molar refractivity (Wildman–Crippen MR) is 80.4 cm³/mol. The molecule has 0 saturated heterocycles. The minimum Gasteiger partial charge on any atom is -0.508 e. The molecular weight excluding hydrogens is 350 g/mol. The Bertz CT molecular complexity index is 723. The lowest BCUT2D eigenvalue weighted by molar-refractivity contribution is 0.471. The van der Waals surface area contributed by atoms with Gasteiger partial charge in [0.15, 0.2) is 0 Å². The Balaban J connectivity index is 2.36. The molecular formula is C12H12BrNO3S2. The number of rotatable bonds is 3. The summed E-state index contributed by atoms with van der Waals surface area (Å²) in [5.41, 5.74) is 1.03. The Kier molecular flexibility index (Phi) is 3.89. The van der Waals surface area contributed by atoms with Gasteiger partial charge in [0.25, 0.3) is 10.0 Å². The van der Waals surface area contributed by atoms with Gasteiger partial charge < -0.3 is 5.11 Å². The van der Waals surface area contributed by atoms with Crippen LogP contribution in [0.1, 0.15) is 10.4 Å². The molecule has 102 valence electrons. The monoisotopic (exact) mass is 361 g/mol. The van der Waals surface area contributed by atoms with Crippen molar-refractivity contribution in [2.75, 3.05) is 4.72 Å². The van der Waals surface area contributed by atoms with Gasteiger partial charge in [-0.25, -0.2) is 8.42 Å². The lowest BCUT2D eigenvalue weighted by Crippen LogP contribution is -2.13. The zero-order chi connectivity index (χ0) is 14.2. The molecule has 2 aromatic rings. The van der Waals surface area contributed by atoms with Crippen LogP contribution in [0.3, 0.4) is 0 Å². The van der Waals surface area contributed by atoms with Gasteiger partial charge in [0.2, 0.25) is 0 Å².